The van der Waals surface area contributed by atoms with Gasteiger partial charge in [0.1, 0.15) is 11.5 Å². The van der Waals surface area contributed by atoms with Crippen molar-refractivity contribution < 1.29 is 14.1 Å². The third-order valence-electron chi connectivity index (χ3n) is 3.66. The summed E-state index contributed by atoms with van der Waals surface area (Å²) in [5.41, 5.74) is 3.63. The van der Waals surface area contributed by atoms with Crippen LogP contribution in [0.25, 0.3) is 11.3 Å². The van der Waals surface area contributed by atoms with Gasteiger partial charge in [-0.05, 0) is 30.3 Å². The van der Waals surface area contributed by atoms with E-state index in [1.807, 2.05) is 30.3 Å². The summed E-state index contributed by atoms with van der Waals surface area (Å²) >= 11 is 6.09. The third kappa shape index (κ3) is 4.95. The lowest BCUT2D eigenvalue weighted by Gasteiger charge is -2.04. The van der Waals surface area contributed by atoms with Crippen LogP contribution in [0.1, 0.15) is 5.76 Å². The fourth-order valence-corrected chi connectivity index (χ4v) is 2.60. The molecule has 0 aliphatic heterocycles. The molecule has 28 heavy (non-hydrogen) atoms. The summed E-state index contributed by atoms with van der Waals surface area (Å²) in [6.07, 6.45) is 1.35. The van der Waals surface area contributed by atoms with Gasteiger partial charge in [-0.3, -0.25) is 14.9 Å². The number of hydrogen-bond acceptors (Lipinski definition) is 6. The molecule has 0 saturated heterocycles. The molecule has 0 radical (unpaired) electrons. The van der Waals surface area contributed by atoms with Crippen molar-refractivity contribution in [1.29, 1.82) is 0 Å². The highest BCUT2D eigenvalue weighted by Gasteiger charge is 2.13. The van der Waals surface area contributed by atoms with Crippen LogP contribution >= 0.6 is 11.6 Å². The first-order valence-electron chi connectivity index (χ1n) is 8.18. The number of nitrogens with zero attached hydrogens (tertiary/aromatic N) is 2. The maximum absolute atomic E-state index is 11.8. The Bertz CT molecular complexity index is 1020. The minimum Gasteiger partial charge on any atom is -0.455 e. The number of nitro groups is 1. The summed E-state index contributed by atoms with van der Waals surface area (Å²) in [4.78, 5) is 22.0. The molecule has 3 aromatic rings. The lowest BCUT2D eigenvalue weighted by atomic mass is 10.1. The van der Waals surface area contributed by atoms with Gasteiger partial charge in [0.15, 0.2) is 0 Å². The van der Waals surface area contributed by atoms with Gasteiger partial charge in [-0.2, -0.15) is 5.10 Å². The number of furan rings is 1. The van der Waals surface area contributed by atoms with Crippen molar-refractivity contribution in [1.82, 2.24) is 5.43 Å². The van der Waals surface area contributed by atoms with E-state index in [1.54, 1.807) is 12.1 Å². The molecule has 1 heterocycles. The average molecular weight is 399 g/mol. The molecular weight excluding hydrogens is 384 g/mol. The van der Waals surface area contributed by atoms with Gasteiger partial charge in [0.2, 0.25) is 0 Å². The first-order chi connectivity index (χ1) is 13.5. The molecule has 2 N–H and O–H groups in total. The molecule has 0 unspecified atom stereocenters. The monoisotopic (exact) mass is 398 g/mol. The Hall–Kier alpha value is -3.65. The molecule has 1 amide bonds. The number of nitrogens with one attached hydrogen (secondary N) is 2. The van der Waals surface area contributed by atoms with Gasteiger partial charge < -0.3 is 9.73 Å². The number of rotatable bonds is 7. The fourth-order valence-electron chi connectivity index (χ4n) is 2.33. The second kappa shape index (κ2) is 8.83. The topological polar surface area (TPSA) is 110 Å². The number of para-hydroxylation sites is 1. The molecule has 142 valence electrons. The Balaban J connectivity index is 1.57. The van der Waals surface area contributed by atoms with Crippen LogP contribution in [0.4, 0.5) is 11.4 Å². The predicted octanol–water partition coefficient (Wildman–Crippen LogP) is 4.07. The second-order valence-corrected chi connectivity index (χ2v) is 6.04. The molecule has 0 atom stereocenters. The smallest absolute Gasteiger partial charge is 0.270 e. The SMILES string of the molecule is O=C(CNc1ccccc1)N/N=C\c1ccc(-c2ccc([N+](=O)[O-])cc2Cl)o1. The normalized spacial score (nSPS) is 10.8. The number of amides is 1. The second-order valence-electron chi connectivity index (χ2n) is 5.64. The molecule has 0 aliphatic carbocycles. The molecule has 0 aliphatic rings. The van der Waals surface area contributed by atoms with Crippen LogP contribution < -0.4 is 10.7 Å². The van der Waals surface area contributed by atoms with E-state index in [2.05, 4.69) is 15.8 Å². The van der Waals surface area contributed by atoms with E-state index in [0.29, 0.717) is 17.1 Å². The number of hydrogen-bond donors (Lipinski definition) is 2. The van der Waals surface area contributed by atoms with Crippen molar-refractivity contribution >= 4 is 35.1 Å². The van der Waals surface area contributed by atoms with Gasteiger partial charge in [-0.15, -0.1) is 0 Å². The van der Waals surface area contributed by atoms with E-state index in [4.69, 9.17) is 16.0 Å². The molecule has 0 saturated carbocycles. The minimum absolute atomic E-state index is 0.0726. The Morgan fingerprint density at radius 2 is 1.96 bits per heavy atom. The highest BCUT2D eigenvalue weighted by molar-refractivity contribution is 6.33. The third-order valence-corrected chi connectivity index (χ3v) is 3.98. The minimum atomic E-state index is -0.523. The maximum Gasteiger partial charge on any atom is 0.270 e. The van der Waals surface area contributed by atoms with Gasteiger partial charge in [-0.25, -0.2) is 5.43 Å². The van der Waals surface area contributed by atoms with Crippen LogP contribution in [0.5, 0.6) is 0 Å². The van der Waals surface area contributed by atoms with Crippen LogP contribution in [-0.2, 0) is 4.79 Å². The van der Waals surface area contributed by atoms with E-state index < -0.39 is 4.92 Å². The van der Waals surface area contributed by atoms with E-state index in [-0.39, 0.29) is 23.2 Å². The van der Waals surface area contributed by atoms with Gasteiger partial charge in [0.05, 0.1) is 22.7 Å². The molecule has 0 bridgehead atoms. The van der Waals surface area contributed by atoms with E-state index >= 15 is 0 Å². The van der Waals surface area contributed by atoms with Crippen molar-refractivity contribution in [3.05, 3.63) is 81.6 Å². The van der Waals surface area contributed by atoms with Gasteiger partial charge in [0, 0.05) is 23.4 Å². The lowest BCUT2D eigenvalue weighted by Crippen LogP contribution is -2.25. The molecule has 0 fully saturated rings. The lowest BCUT2D eigenvalue weighted by molar-refractivity contribution is -0.384. The highest BCUT2D eigenvalue weighted by atomic mass is 35.5. The van der Waals surface area contributed by atoms with Crippen LogP contribution in [0, 0.1) is 10.1 Å². The Morgan fingerprint density at radius 3 is 2.68 bits per heavy atom. The zero-order valence-corrected chi connectivity index (χ0v) is 15.2. The van der Waals surface area contributed by atoms with Crippen LogP contribution in [0.2, 0.25) is 5.02 Å². The highest BCUT2D eigenvalue weighted by Crippen LogP contribution is 2.31. The first-order valence-corrected chi connectivity index (χ1v) is 8.56. The molecule has 9 heteroatoms. The molecule has 2 aromatic carbocycles. The molecule has 0 spiro atoms. The number of non-ortho nitro benzene ring substituents is 1. The van der Waals surface area contributed by atoms with Crippen molar-refractivity contribution in [3.63, 3.8) is 0 Å². The van der Waals surface area contributed by atoms with Gasteiger partial charge >= 0.3 is 0 Å². The van der Waals surface area contributed by atoms with E-state index in [0.717, 1.165) is 5.69 Å². The quantitative estimate of drug-likeness (QED) is 0.354. The van der Waals surface area contributed by atoms with E-state index in [9.17, 15) is 14.9 Å². The van der Waals surface area contributed by atoms with E-state index in [1.165, 1.54) is 24.4 Å². The number of nitro benzene ring substituents is 1. The number of anilines is 1. The number of benzene rings is 2. The number of carbonyl (C=O) groups excluding carboxylic acids is 1. The molecule has 3 rings (SSSR count). The van der Waals surface area contributed by atoms with Crippen molar-refractivity contribution in [2.45, 2.75) is 0 Å². The number of halogens is 1. The molecular formula is C19H15ClN4O4. The number of carbonyl (C=O) groups is 1. The maximum atomic E-state index is 11.8. The summed E-state index contributed by atoms with van der Waals surface area (Å²) in [6.45, 7) is 0.0726. The van der Waals surface area contributed by atoms with Gasteiger partial charge in [-0.1, -0.05) is 29.8 Å². The zero-order chi connectivity index (χ0) is 19.9. The fraction of sp³-hybridized carbons (Fsp3) is 0.0526. The Labute approximate surface area is 165 Å². The van der Waals surface area contributed by atoms with Crippen molar-refractivity contribution in [2.24, 2.45) is 5.10 Å². The Kier molecular flexibility index (Phi) is 6.03. The summed E-state index contributed by atoms with van der Waals surface area (Å²) < 4.78 is 5.59. The zero-order valence-electron chi connectivity index (χ0n) is 14.5. The molecule has 1 aromatic heterocycles. The number of hydrazone groups is 1. The largest absolute Gasteiger partial charge is 0.455 e. The summed E-state index contributed by atoms with van der Waals surface area (Å²) in [5.74, 6) is 0.504. The van der Waals surface area contributed by atoms with Crippen molar-refractivity contribution in [3.8, 4) is 11.3 Å². The first kappa shape index (κ1) is 19.1. The average Bonchev–Trinajstić information content (AvgIpc) is 3.15. The summed E-state index contributed by atoms with van der Waals surface area (Å²) in [7, 11) is 0. The summed E-state index contributed by atoms with van der Waals surface area (Å²) in [6, 6.07) is 16.7. The van der Waals surface area contributed by atoms with Crippen molar-refractivity contribution in [2.75, 3.05) is 11.9 Å². The standard InChI is InChI=1S/C19H15ClN4O4/c20-17-10-14(24(26)27)6-8-16(17)18-9-7-15(28-18)11-22-23-19(25)12-21-13-4-2-1-3-5-13/h1-11,21H,12H2,(H,23,25)/b22-11-. The van der Waals surface area contributed by atoms with Crippen LogP contribution in [0.3, 0.4) is 0 Å². The predicted molar refractivity (Wildman–Crippen MR) is 106 cm³/mol. The summed E-state index contributed by atoms with van der Waals surface area (Å²) in [5, 5.41) is 17.8. The molecule has 8 nitrogen and oxygen atoms in total. The van der Waals surface area contributed by atoms with Gasteiger partial charge in [0.25, 0.3) is 11.6 Å². The Morgan fingerprint density at radius 1 is 1.18 bits per heavy atom. The van der Waals surface area contributed by atoms with Crippen LogP contribution in [0.15, 0.2) is 70.2 Å². The van der Waals surface area contributed by atoms with Crippen LogP contribution in [-0.4, -0.2) is 23.6 Å².